The van der Waals surface area contributed by atoms with Crippen molar-refractivity contribution in [2.45, 2.75) is 12.8 Å². The van der Waals surface area contributed by atoms with Crippen molar-refractivity contribution in [1.29, 1.82) is 0 Å². The average Bonchev–Trinajstić information content (AvgIpc) is 2.63. The van der Waals surface area contributed by atoms with Crippen LogP contribution < -0.4 is 5.63 Å². The molecule has 1 aromatic heterocycles. The van der Waals surface area contributed by atoms with Gasteiger partial charge in [-0.1, -0.05) is 12.1 Å². The number of esters is 1. The molecule has 0 radical (unpaired) electrons. The maximum Gasteiger partial charge on any atom is 0.416 e. The predicted molar refractivity (Wildman–Crippen MR) is 94.4 cm³/mol. The summed E-state index contributed by atoms with van der Waals surface area (Å²) >= 11 is 0. The number of carbonyl (C=O) groups is 1. The van der Waals surface area contributed by atoms with Crippen molar-refractivity contribution < 1.29 is 32.2 Å². The van der Waals surface area contributed by atoms with Gasteiger partial charge < -0.3 is 14.3 Å². The number of hydrogen-bond donors (Lipinski definition) is 1. The molecule has 0 atom stereocenters. The van der Waals surface area contributed by atoms with Crippen LogP contribution in [0.15, 0.2) is 63.8 Å². The zero-order chi connectivity index (χ0) is 20.3. The van der Waals surface area contributed by atoms with E-state index < -0.39 is 23.3 Å². The van der Waals surface area contributed by atoms with Gasteiger partial charge in [0.25, 0.3) is 0 Å². The lowest BCUT2D eigenvalue weighted by Crippen LogP contribution is -2.05. The van der Waals surface area contributed by atoms with Gasteiger partial charge in [-0.25, -0.2) is 9.59 Å². The molecule has 0 saturated carbocycles. The number of phenols is 1. The van der Waals surface area contributed by atoms with Crippen LogP contribution in [-0.2, 0) is 22.3 Å². The van der Waals surface area contributed by atoms with Gasteiger partial charge in [0, 0.05) is 29.2 Å². The van der Waals surface area contributed by atoms with E-state index in [1.807, 2.05) is 0 Å². The summed E-state index contributed by atoms with van der Waals surface area (Å²) in [6.07, 6.45) is -2.04. The van der Waals surface area contributed by atoms with E-state index in [1.165, 1.54) is 42.5 Å². The molecule has 28 heavy (non-hydrogen) atoms. The van der Waals surface area contributed by atoms with Crippen LogP contribution in [0.1, 0.15) is 16.7 Å². The van der Waals surface area contributed by atoms with Crippen LogP contribution in [0.5, 0.6) is 5.75 Å². The summed E-state index contributed by atoms with van der Waals surface area (Å²) in [7, 11) is 0. The third-order valence-corrected chi connectivity index (χ3v) is 3.83. The molecule has 144 valence electrons. The summed E-state index contributed by atoms with van der Waals surface area (Å²) < 4.78 is 47.6. The van der Waals surface area contributed by atoms with E-state index in [0.717, 1.165) is 18.2 Å². The minimum absolute atomic E-state index is 0.0794. The van der Waals surface area contributed by atoms with E-state index in [2.05, 4.69) is 0 Å². The Balaban J connectivity index is 1.68. The molecule has 0 aliphatic rings. The number of halogens is 3. The van der Waals surface area contributed by atoms with Crippen molar-refractivity contribution in [3.63, 3.8) is 0 Å². The Morgan fingerprint density at radius 3 is 2.50 bits per heavy atom. The lowest BCUT2D eigenvalue weighted by atomic mass is 10.1. The highest BCUT2D eigenvalue weighted by Crippen LogP contribution is 2.29. The Labute approximate surface area is 156 Å². The van der Waals surface area contributed by atoms with Crippen molar-refractivity contribution >= 4 is 23.0 Å². The summed E-state index contributed by atoms with van der Waals surface area (Å²) in [6.45, 7) is -0.219. The van der Waals surface area contributed by atoms with Crippen molar-refractivity contribution in [3.05, 3.63) is 81.7 Å². The quantitative estimate of drug-likeness (QED) is 0.409. The summed E-state index contributed by atoms with van der Waals surface area (Å²) in [5, 5.41) is 9.95. The molecule has 0 aliphatic heterocycles. The van der Waals surface area contributed by atoms with E-state index in [1.54, 1.807) is 0 Å². The normalized spacial score (nSPS) is 11.8. The Morgan fingerprint density at radius 2 is 1.82 bits per heavy atom. The number of ether oxygens (including phenoxy) is 1. The zero-order valence-electron chi connectivity index (χ0n) is 14.2. The average molecular weight is 390 g/mol. The lowest BCUT2D eigenvalue weighted by molar-refractivity contribution is -0.139. The fourth-order valence-corrected chi connectivity index (χ4v) is 2.48. The number of rotatable bonds is 4. The molecular formula is C20H13F3O5. The number of fused-ring (bicyclic) bond motifs is 1. The third kappa shape index (κ3) is 4.59. The Hall–Kier alpha value is -3.55. The maximum atomic E-state index is 12.5. The highest BCUT2D eigenvalue weighted by Gasteiger charge is 2.29. The van der Waals surface area contributed by atoms with Crippen molar-refractivity contribution in [3.8, 4) is 5.75 Å². The van der Waals surface area contributed by atoms with Crippen molar-refractivity contribution in [2.75, 3.05) is 0 Å². The first kappa shape index (κ1) is 19.2. The van der Waals surface area contributed by atoms with Crippen LogP contribution in [0.4, 0.5) is 13.2 Å². The van der Waals surface area contributed by atoms with Gasteiger partial charge in [0.15, 0.2) is 0 Å². The van der Waals surface area contributed by atoms with E-state index in [0.29, 0.717) is 16.5 Å². The number of aromatic hydroxyl groups is 1. The van der Waals surface area contributed by atoms with Gasteiger partial charge in [0.05, 0.1) is 5.56 Å². The van der Waals surface area contributed by atoms with Crippen LogP contribution in [-0.4, -0.2) is 11.1 Å². The van der Waals surface area contributed by atoms with E-state index in [-0.39, 0.29) is 17.9 Å². The van der Waals surface area contributed by atoms with Gasteiger partial charge in [-0.2, -0.15) is 13.2 Å². The van der Waals surface area contributed by atoms with Gasteiger partial charge in [0.1, 0.15) is 17.9 Å². The molecule has 1 heterocycles. The SMILES string of the molecule is O=C(/C=C/c1ccc(C(F)(F)F)cc1)OCc1cc(=O)oc2cc(O)ccc12. The van der Waals surface area contributed by atoms with Crippen LogP contribution in [0.3, 0.4) is 0 Å². The lowest BCUT2D eigenvalue weighted by Gasteiger charge is -2.06. The second-order valence-electron chi connectivity index (χ2n) is 5.83. The van der Waals surface area contributed by atoms with Crippen LogP contribution in [0.25, 0.3) is 17.0 Å². The predicted octanol–water partition coefficient (Wildman–Crippen LogP) is 4.27. The molecule has 0 saturated heterocycles. The number of hydrogen-bond acceptors (Lipinski definition) is 5. The van der Waals surface area contributed by atoms with Gasteiger partial charge >= 0.3 is 17.8 Å². The van der Waals surface area contributed by atoms with E-state index in [4.69, 9.17) is 9.15 Å². The van der Waals surface area contributed by atoms with Crippen LogP contribution in [0, 0.1) is 0 Å². The van der Waals surface area contributed by atoms with Crippen molar-refractivity contribution in [1.82, 2.24) is 0 Å². The standard InChI is InChI=1S/C20H13F3O5/c21-20(22,23)14-4-1-12(2-5-14)3-8-18(25)27-11-13-9-19(26)28-17-10-15(24)6-7-16(13)17/h1-10,24H,11H2/b8-3+. The molecule has 3 aromatic rings. The molecule has 3 rings (SSSR count). The molecule has 1 N–H and O–H groups in total. The monoisotopic (exact) mass is 390 g/mol. The first-order valence-electron chi connectivity index (χ1n) is 8.00. The van der Waals surface area contributed by atoms with Gasteiger partial charge in [-0.05, 0) is 35.9 Å². The highest BCUT2D eigenvalue weighted by molar-refractivity contribution is 5.87. The molecule has 0 unspecified atom stereocenters. The fraction of sp³-hybridized carbons (Fsp3) is 0.100. The second kappa shape index (κ2) is 7.59. The van der Waals surface area contributed by atoms with Gasteiger partial charge in [-0.15, -0.1) is 0 Å². The number of carbonyl (C=O) groups excluding carboxylic acids is 1. The fourth-order valence-electron chi connectivity index (χ4n) is 2.48. The van der Waals surface area contributed by atoms with E-state index in [9.17, 15) is 27.9 Å². The Bertz CT molecular complexity index is 1100. The topological polar surface area (TPSA) is 76.7 Å². The molecule has 5 nitrogen and oxygen atoms in total. The molecular weight excluding hydrogens is 377 g/mol. The Kier molecular flexibility index (Phi) is 5.21. The first-order valence-corrected chi connectivity index (χ1v) is 8.00. The maximum absolute atomic E-state index is 12.5. The summed E-state index contributed by atoms with van der Waals surface area (Å²) in [4.78, 5) is 23.4. The third-order valence-electron chi connectivity index (χ3n) is 3.83. The van der Waals surface area contributed by atoms with Crippen molar-refractivity contribution in [2.24, 2.45) is 0 Å². The molecule has 8 heteroatoms. The molecule has 0 bridgehead atoms. The first-order chi connectivity index (χ1) is 13.2. The molecule has 0 amide bonds. The largest absolute Gasteiger partial charge is 0.508 e. The van der Waals surface area contributed by atoms with Crippen LogP contribution in [0.2, 0.25) is 0 Å². The minimum atomic E-state index is -4.43. The number of phenolic OH excluding ortho intramolecular Hbond substituents is 1. The molecule has 0 fully saturated rings. The smallest absolute Gasteiger partial charge is 0.416 e. The van der Waals surface area contributed by atoms with Gasteiger partial charge in [0.2, 0.25) is 0 Å². The number of benzene rings is 2. The molecule has 0 aliphatic carbocycles. The number of alkyl halides is 3. The summed E-state index contributed by atoms with van der Waals surface area (Å²) in [5.74, 6) is -0.815. The highest BCUT2D eigenvalue weighted by atomic mass is 19.4. The second-order valence-corrected chi connectivity index (χ2v) is 5.83. The Morgan fingerprint density at radius 1 is 1.11 bits per heavy atom. The zero-order valence-corrected chi connectivity index (χ0v) is 14.2. The van der Waals surface area contributed by atoms with E-state index >= 15 is 0 Å². The van der Waals surface area contributed by atoms with Crippen LogP contribution >= 0.6 is 0 Å². The minimum Gasteiger partial charge on any atom is -0.508 e. The molecule has 2 aromatic carbocycles. The molecule has 0 spiro atoms. The van der Waals surface area contributed by atoms with Gasteiger partial charge in [-0.3, -0.25) is 0 Å². The summed E-state index contributed by atoms with van der Waals surface area (Å²) in [6, 6.07) is 9.65. The summed E-state index contributed by atoms with van der Waals surface area (Å²) in [5.41, 5.74) is -0.509.